The average molecular weight is 365 g/mol. The van der Waals surface area contributed by atoms with Crippen LogP contribution in [0.4, 0.5) is 0 Å². The number of carbonyl (C=O) groups excluding carboxylic acids is 1. The standard InChI is InChI=1S/C16H23N5O3S/c1-20(2)8-11-9-21(25(3,23)24)10-14(11)17-16(22)15-12-6-4-5-7-13(12)18-19-15/h4-7,11,14H,8-10H2,1-3H3,(H,17,22)(H,18,19)/t11-,14-/m1/s1. The van der Waals surface area contributed by atoms with Crippen molar-refractivity contribution in [2.45, 2.75) is 6.04 Å². The predicted molar refractivity (Wildman–Crippen MR) is 95.8 cm³/mol. The number of carbonyl (C=O) groups is 1. The maximum atomic E-state index is 12.7. The number of nitrogens with one attached hydrogen (secondary N) is 2. The van der Waals surface area contributed by atoms with E-state index in [1.807, 2.05) is 43.3 Å². The summed E-state index contributed by atoms with van der Waals surface area (Å²) in [4.78, 5) is 14.7. The highest BCUT2D eigenvalue weighted by molar-refractivity contribution is 7.88. The van der Waals surface area contributed by atoms with Crippen molar-refractivity contribution in [3.05, 3.63) is 30.0 Å². The summed E-state index contributed by atoms with van der Waals surface area (Å²) in [6, 6.07) is 7.16. The van der Waals surface area contributed by atoms with E-state index in [1.165, 1.54) is 10.6 Å². The minimum atomic E-state index is -3.29. The lowest BCUT2D eigenvalue weighted by molar-refractivity contribution is 0.0924. The number of aromatic nitrogens is 2. The van der Waals surface area contributed by atoms with Gasteiger partial charge in [0.2, 0.25) is 10.0 Å². The molecular weight excluding hydrogens is 342 g/mol. The average Bonchev–Trinajstić information content (AvgIpc) is 3.11. The van der Waals surface area contributed by atoms with Gasteiger partial charge >= 0.3 is 0 Å². The van der Waals surface area contributed by atoms with Crippen LogP contribution in [-0.4, -0.2) is 79.8 Å². The fourth-order valence-corrected chi connectivity index (χ4v) is 4.19. The summed E-state index contributed by atoms with van der Waals surface area (Å²) < 4.78 is 25.2. The number of aromatic amines is 1. The number of fused-ring (bicyclic) bond motifs is 1. The molecule has 1 aromatic carbocycles. The zero-order valence-corrected chi connectivity index (χ0v) is 15.4. The fourth-order valence-electron chi connectivity index (χ4n) is 3.29. The molecule has 0 unspecified atom stereocenters. The summed E-state index contributed by atoms with van der Waals surface area (Å²) >= 11 is 0. The Labute approximate surface area is 147 Å². The van der Waals surface area contributed by atoms with Gasteiger partial charge in [0.05, 0.1) is 11.8 Å². The van der Waals surface area contributed by atoms with Crippen LogP contribution in [0.25, 0.3) is 10.9 Å². The molecule has 1 aliphatic rings. The highest BCUT2D eigenvalue weighted by Gasteiger charge is 2.38. The van der Waals surface area contributed by atoms with E-state index in [0.29, 0.717) is 18.8 Å². The lowest BCUT2D eigenvalue weighted by atomic mass is 10.0. The Morgan fingerprint density at radius 1 is 1.36 bits per heavy atom. The molecule has 3 rings (SSSR count). The lowest BCUT2D eigenvalue weighted by Gasteiger charge is -2.22. The van der Waals surface area contributed by atoms with E-state index in [0.717, 1.165) is 10.9 Å². The van der Waals surface area contributed by atoms with Crippen molar-refractivity contribution >= 4 is 26.8 Å². The van der Waals surface area contributed by atoms with Gasteiger partial charge in [-0.15, -0.1) is 0 Å². The summed E-state index contributed by atoms with van der Waals surface area (Å²) in [6.07, 6.45) is 1.20. The molecule has 2 heterocycles. The zero-order chi connectivity index (χ0) is 18.2. The van der Waals surface area contributed by atoms with Gasteiger partial charge in [-0.3, -0.25) is 9.89 Å². The lowest BCUT2D eigenvalue weighted by Crippen LogP contribution is -2.43. The fraction of sp³-hybridized carbons (Fsp3) is 0.500. The van der Waals surface area contributed by atoms with Gasteiger partial charge in [0.15, 0.2) is 5.69 Å². The second kappa shape index (κ2) is 6.74. The maximum absolute atomic E-state index is 12.7. The van der Waals surface area contributed by atoms with E-state index in [1.54, 1.807) is 0 Å². The summed E-state index contributed by atoms with van der Waals surface area (Å²) in [6.45, 7) is 1.38. The van der Waals surface area contributed by atoms with Crippen LogP contribution in [0.1, 0.15) is 10.5 Å². The Hall–Kier alpha value is -1.97. The van der Waals surface area contributed by atoms with Gasteiger partial charge in [-0.1, -0.05) is 18.2 Å². The van der Waals surface area contributed by atoms with Crippen molar-refractivity contribution < 1.29 is 13.2 Å². The number of H-pyrrole nitrogens is 1. The summed E-state index contributed by atoms with van der Waals surface area (Å²) in [5, 5.41) is 10.7. The van der Waals surface area contributed by atoms with E-state index in [4.69, 9.17) is 0 Å². The van der Waals surface area contributed by atoms with Crippen molar-refractivity contribution in [1.82, 2.24) is 24.7 Å². The van der Waals surface area contributed by atoms with Gasteiger partial charge in [-0.2, -0.15) is 9.40 Å². The number of nitrogens with zero attached hydrogens (tertiary/aromatic N) is 3. The molecule has 2 N–H and O–H groups in total. The number of hydrogen-bond donors (Lipinski definition) is 2. The van der Waals surface area contributed by atoms with Crippen LogP contribution in [0.3, 0.4) is 0 Å². The summed E-state index contributed by atoms with van der Waals surface area (Å²) in [5.74, 6) is -0.263. The van der Waals surface area contributed by atoms with E-state index in [2.05, 4.69) is 15.5 Å². The Morgan fingerprint density at radius 2 is 2.08 bits per heavy atom. The van der Waals surface area contributed by atoms with Crippen LogP contribution in [0.5, 0.6) is 0 Å². The van der Waals surface area contributed by atoms with Crippen molar-refractivity contribution in [2.24, 2.45) is 5.92 Å². The van der Waals surface area contributed by atoms with Gasteiger partial charge in [-0.25, -0.2) is 8.42 Å². The predicted octanol–water partition coefficient (Wildman–Crippen LogP) is 0.114. The van der Waals surface area contributed by atoms with Crippen LogP contribution in [0.15, 0.2) is 24.3 Å². The Morgan fingerprint density at radius 3 is 2.76 bits per heavy atom. The first-order chi connectivity index (χ1) is 11.8. The monoisotopic (exact) mass is 365 g/mol. The van der Waals surface area contributed by atoms with Crippen LogP contribution in [0, 0.1) is 5.92 Å². The van der Waals surface area contributed by atoms with Gasteiger partial charge < -0.3 is 10.2 Å². The molecule has 25 heavy (non-hydrogen) atoms. The largest absolute Gasteiger partial charge is 0.346 e. The molecule has 8 nitrogen and oxygen atoms in total. The second-order valence-corrected chi connectivity index (χ2v) is 8.78. The molecule has 9 heteroatoms. The molecule has 0 radical (unpaired) electrons. The third-order valence-electron chi connectivity index (χ3n) is 4.48. The Balaban J connectivity index is 1.80. The molecule has 1 fully saturated rings. The van der Waals surface area contributed by atoms with E-state index < -0.39 is 10.0 Å². The molecule has 0 bridgehead atoms. The van der Waals surface area contributed by atoms with Gasteiger partial charge in [-0.05, 0) is 20.2 Å². The summed E-state index contributed by atoms with van der Waals surface area (Å²) in [5.41, 5.74) is 1.12. The second-order valence-electron chi connectivity index (χ2n) is 6.80. The molecule has 0 spiro atoms. The van der Waals surface area contributed by atoms with E-state index in [9.17, 15) is 13.2 Å². The highest BCUT2D eigenvalue weighted by Crippen LogP contribution is 2.22. The number of rotatable bonds is 5. The maximum Gasteiger partial charge on any atom is 0.272 e. The zero-order valence-electron chi connectivity index (χ0n) is 14.6. The van der Waals surface area contributed by atoms with Crippen molar-refractivity contribution in [3.8, 4) is 0 Å². The molecule has 136 valence electrons. The number of benzene rings is 1. The quantitative estimate of drug-likeness (QED) is 0.784. The first kappa shape index (κ1) is 17.8. The highest BCUT2D eigenvalue weighted by atomic mass is 32.2. The SMILES string of the molecule is CN(C)C[C@@H]1CN(S(C)(=O)=O)C[C@H]1NC(=O)c1n[nH]c2ccccc12. The Bertz CT molecular complexity index is 877. The van der Waals surface area contributed by atoms with Gasteiger partial charge in [0.25, 0.3) is 5.91 Å². The Kier molecular flexibility index (Phi) is 4.81. The van der Waals surface area contributed by atoms with Crippen molar-refractivity contribution in [3.63, 3.8) is 0 Å². The third kappa shape index (κ3) is 3.83. The molecule has 0 saturated carbocycles. The van der Waals surface area contributed by atoms with Crippen LogP contribution in [0.2, 0.25) is 0 Å². The van der Waals surface area contributed by atoms with Gasteiger partial charge in [0, 0.05) is 37.0 Å². The molecule has 1 aliphatic heterocycles. The minimum Gasteiger partial charge on any atom is -0.346 e. The molecular formula is C16H23N5O3S. The molecule has 2 atom stereocenters. The number of para-hydroxylation sites is 1. The van der Waals surface area contributed by atoms with Crippen molar-refractivity contribution in [1.29, 1.82) is 0 Å². The molecule has 1 aromatic heterocycles. The van der Waals surface area contributed by atoms with Crippen LogP contribution in [-0.2, 0) is 10.0 Å². The van der Waals surface area contributed by atoms with Crippen LogP contribution < -0.4 is 5.32 Å². The summed E-state index contributed by atoms with van der Waals surface area (Å²) in [7, 11) is 0.581. The van der Waals surface area contributed by atoms with Gasteiger partial charge in [0.1, 0.15) is 0 Å². The molecule has 2 aromatic rings. The molecule has 1 saturated heterocycles. The normalized spacial score (nSPS) is 21.9. The van der Waals surface area contributed by atoms with Crippen LogP contribution >= 0.6 is 0 Å². The molecule has 0 aliphatic carbocycles. The molecule has 1 amide bonds. The first-order valence-corrected chi connectivity index (χ1v) is 9.94. The number of hydrogen-bond acceptors (Lipinski definition) is 5. The first-order valence-electron chi connectivity index (χ1n) is 8.09. The van der Waals surface area contributed by atoms with E-state index >= 15 is 0 Å². The minimum absolute atomic E-state index is 0.0267. The number of amides is 1. The third-order valence-corrected chi connectivity index (χ3v) is 5.71. The topological polar surface area (TPSA) is 98.4 Å². The smallest absolute Gasteiger partial charge is 0.272 e. The number of sulfonamides is 1. The van der Waals surface area contributed by atoms with E-state index in [-0.39, 0.29) is 24.4 Å². The van der Waals surface area contributed by atoms with Crippen molar-refractivity contribution in [2.75, 3.05) is 40.0 Å².